The van der Waals surface area contributed by atoms with Crippen molar-refractivity contribution < 1.29 is 9.53 Å². The first-order valence-electron chi connectivity index (χ1n) is 4.45. The van der Waals surface area contributed by atoms with E-state index in [1.807, 2.05) is 6.07 Å². The molecule has 3 nitrogen and oxygen atoms in total. The van der Waals surface area contributed by atoms with Gasteiger partial charge in [0.1, 0.15) is 3.70 Å². The molecule has 1 heterocycles. The maximum atomic E-state index is 11.4. The molecule has 0 aliphatic rings. The van der Waals surface area contributed by atoms with Gasteiger partial charge in [-0.2, -0.15) is 0 Å². The summed E-state index contributed by atoms with van der Waals surface area (Å²) in [5.41, 5.74) is 0.535. The van der Waals surface area contributed by atoms with Gasteiger partial charge in [-0.25, -0.2) is 9.78 Å². The summed E-state index contributed by atoms with van der Waals surface area (Å²) in [7, 11) is 1.37. The summed E-state index contributed by atoms with van der Waals surface area (Å²) >= 11 is 5.57. The number of hydrogen-bond donors (Lipinski definition) is 0. The minimum atomic E-state index is -0.335. The van der Waals surface area contributed by atoms with E-state index in [0.29, 0.717) is 5.56 Å². The third kappa shape index (κ3) is 2.06. The van der Waals surface area contributed by atoms with Crippen LogP contribution in [0.2, 0.25) is 0 Å². The number of rotatable bonds is 1. The van der Waals surface area contributed by atoms with Gasteiger partial charge in [0, 0.05) is 21.4 Å². The molecule has 0 spiro atoms. The van der Waals surface area contributed by atoms with Crippen molar-refractivity contribution in [2.45, 2.75) is 0 Å². The fraction of sp³-hybridized carbons (Fsp3) is 0.0909. The highest BCUT2D eigenvalue weighted by Gasteiger charge is 2.09. The number of hydrogen-bond acceptors (Lipinski definition) is 3. The molecule has 1 aromatic carbocycles. The molecule has 0 saturated carbocycles. The zero-order chi connectivity index (χ0) is 11.7. The van der Waals surface area contributed by atoms with E-state index < -0.39 is 0 Å². The van der Waals surface area contributed by atoms with Crippen LogP contribution in [0.25, 0.3) is 10.8 Å². The van der Waals surface area contributed by atoms with Crippen molar-refractivity contribution in [1.82, 2.24) is 4.98 Å². The van der Waals surface area contributed by atoms with Crippen molar-refractivity contribution in [3.8, 4) is 0 Å². The second-order valence-corrected chi connectivity index (χ2v) is 5.03. The molecule has 0 radical (unpaired) electrons. The molecule has 0 amide bonds. The van der Waals surface area contributed by atoms with Gasteiger partial charge in [-0.05, 0) is 50.7 Å². The Morgan fingerprint density at radius 3 is 2.88 bits per heavy atom. The lowest BCUT2D eigenvalue weighted by molar-refractivity contribution is 0.0601. The van der Waals surface area contributed by atoms with Gasteiger partial charge in [-0.1, -0.05) is 6.07 Å². The Morgan fingerprint density at radius 2 is 2.19 bits per heavy atom. The molecule has 0 aliphatic heterocycles. The van der Waals surface area contributed by atoms with Crippen molar-refractivity contribution >= 4 is 55.3 Å². The first-order valence-corrected chi connectivity index (χ1v) is 6.32. The van der Waals surface area contributed by atoms with Gasteiger partial charge in [-0.3, -0.25) is 0 Å². The summed E-state index contributed by atoms with van der Waals surface area (Å²) < 4.78 is 6.46. The van der Waals surface area contributed by atoms with Crippen LogP contribution in [0.3, 0.4) is 0 Å². The van der Waals surface area contributed by atoms with E-state index in [0.717, 1.165) is 18.9 Å². The van der Waals surface area contributed by atoms with Gasteiger partial charge < -0.3 is 4.74 Å². The highest BCUT2D eigenvalue weighted by molar-refractivity contribution is 14.1. The van der Waals surface area contributed by atoms with E-state index in [2.05, 4.69) is 48.2 Å². The Kier molecular flexibility index (Phi) is 3.44. The van der Waals surface area contributed by atoms with Crippen molar-refractivity contribution in [2.24, 2.45) is 0 Å². The molecule has 0 fully saturated rings. The van der Waals surface area contributed by atoms with Crippen LogP contribution in [-0.4, -0.2) is 18.1 Å². The molecule has 5 heteroatoms. The zero-order valence-corrected chi connectivity index (χ0v) is 12.1. The van der Waals surface area contributed by atoms with E-state index >= 15 is 0 Å². The SMILES string of the molecule is COC(=O)c1ccc2c(Br)cnc(I)c2c1. The van der Waals surface area contributed by atoms with Crippen LogP contribution in [0.1, 0.15) is 10.4 Å². The van der Waals surface area contributed by atoms with E-state index in [4.69, 9.17) is 0 Å². The number of aromatic nitrogens is 1. The highest BCUT2D eigenvalue weighted by atomic mass is 127. The number of nitrogens with zero attached hydrogens (tertiary/aromatic N) is 1. The normalized spacial score (nSPS) is 10.4. The smallest absolute Gasteiger partial charge is 0.337 e. The van der Waals surface area contributed by atoms with Crippen LogP contribution in [0.5, 0.6) is 0 Å². The number of benzene rings is 1. The molecular formula is C11H7BrINO2. The molecule has 0 N–H and O–H groups in total. The van der Waals surface area contributed by atoms with Crippen LogP contribution in [0.15, 0.2) is 28.9 Å². The zero-order valence-electron chi connectivity index (χ0n) is 8.33. The molecule has 2 rings (SSSR count). The minimum Gasteiger partial charge on any atom is -0.465 e. The number of fused-ring (bicyclic) bond motifs is 1. The van der Waals surface area contributed by atoms with E-state index in [9.17, 15) is 4.79 Å². The molecule has 1 aromatic heterocycles. The van der Waals surface area contributed by atoms with Gasteiger partial charge in [0.15, 0.2) is 0 Å². The summed E-state index contributed by atoms with van der Waals surface area (Å²) in [5.74, 6) is -0.335. The Balaban J connectivity index is 2.70. The number of halogens is 2. The van der Waals surface area contributed by atoms with Gasteiger partial charge in [0.05, 0.1) is 12.7 Å². The van der Waals surface area contributed by atoms with Gasteiger partial charge in [0.25, 0.3) is 0 Å². The van der Waals surface area contributed by atoms with E-state index in [1.54, 1.807) is 18.3 Å². The third-order valence-corrected chi connectivity index (χ3v) is 3.70. The van der Waals surface area contributed by atoms with E-state index in [1.165, 1.54) is 7.11 Å². The van der Waals surface area contributed by atoms with Crippen LogP contribution < -0.4 is 0 Å². The van der Waals surface area contributed by atoms with Crippen molar-refractivity contribution in [3.05, 3.63) is 38.1 Å². The molecule has 16 heavy (non-hydrogen) atoms. The van der Waals surface area contributed by atoms with Gasteiger partial charge in [-0.15, -0.1) is 0 Å². The maximum Gasteiger partial charge on any atom is 0.337 e. The molecule has 0 aliphatic carbocycles. The molecule has 2 aromatic rings. The minimum absolute atomic E-state index is 0.335. The summed E-state index contributed by atoms with van der Waals surface area (Å²) in [5, 5.41) is 1.98. The quantitative estimate of drug-likeness (QED) is 0.425. The first-order chi connectivity index (χ1) is 7.63. The average molecular weight is 392 g/mol. The number of ether oxygens (including phenoxy) is 1. The summed E-state index contributed by atoms with van der Waals surface area (Å²) in [6, 6.07) is 5.42. The summed E-state index contributed by atoms with van der Waals surface area (Å²) in [6.07, 6.45) is 1.75. The molecule has 0 bridgehead atoms. The Bertz CT molecular complexity index is 571. The predicted octanol–water partition coefficient (Wildman–Crippen LogP) is 3.39. The lowest BCUT2D eigenvalue weighted by Crippen LogP contribution is -2.01. The third-order valence-electron chi connectivity index (χ3n) is 2.21. The number of carbonyl (C=O) groups is 1. The van der Waals surface area contributed by atoms with Crippen LogP contribution in [0.4, 0.5) is 0 Å². The lowest BCUT2D eigenvalue weighted by atomic mass is 10.1. The molecule has 0 unspecified atom stereocenters. The van der Waals surface area contributed by atoms with Crippen LogP contribution in [0, 0.1) is 3.70 Å². The van der Waals surface area contributed by atoms with Gasteiger partial charge in [0.2, 0.25) is 0 Å². The van der Waals surface area contributed by atoms with E-state index in [-0.39, 0.29) is 5.97 Å². The Labute approximate surface area is 114 Å². The fourth-order valence-corrected chi connectivity index (χ4v) is 2.45. The molecule has 0 atom stereocenters. The van der Waals surface area contributed by atoms with Crippen LogP contribution in [-0.2, 0) is 4.74 Å². The highest BCUT2D eigenvalue weighted by Crippen LogP contribution is 2.27. The summed E-state index contributed by atoms with van der Waals surface area (Å²) in [4.78, 5) is 15.6. The standard InChI is InChI=1S/C11H7BrINO2/c1-16-11(15)6-2-3-7-8(4-6)10(13)14-5-9(7)12/h2-5H,1H3. The summed E-state index contributed by atoms with van der Waals surface area (Å²) in [6.45, 7) is 0. The average Bonchev–Trinajstić information content (AvgIpc) is 2.32. The number of pyridine rings is 1. The number of esters is 1. The Morgan fingerprint density at radius 1 is 1.44 bits per heavy atom. The Hall–Kier alpha value is -0.690. The monoisotopic (exact) mass is 391 g/mol. The number of methoxy groups -OCH3 is 1. The van der Waals surface area contributed by atoms with Crippen molar-refractivity contribution in [2.75, 3.05) is 7.11 Å². The molecule has 82 valence electrons. The largest absolute Gasteiger partial charge is 0.465 e. The fourth-order valence-electron chi connectivity index (χ4n) is 1.42. The predicted molar refractivity (Wildman–Crippen MR) is 73.5 cm³/mol. The maximum absolute atomic E-state index is 11.4. The second-order valence-electron chi connectivity index (χ2n) is 3.15. The van der Waals surface area contributed by atoms with Gasteiger partial charge >= 0.3 is 5.97 Å². The van der Waals surface area contributed by atoms with Crippen molar-refractivity contribution in [1.29, 1.82) is 0 Å². The van der Waals surface area contributed by atoms with Crippen LogP contribution >= 0.6 is 38.5 Å². The molecular weight excluding hydrogens is 385 g/mol. The van der Waals surface area contributed by atoms with Crippen molar-refractivity contribution in [3.63, 3.8) is 0 Å². The first kappa shape index (κ1) is 11.8. The topological polar surface area (TPSA) is 39.2 Å². The number of carbonyl (C=O) groups excluding carboxylic acids is 1. The second kappa shape index (κ2) is 4.67. The lowest BCUT2D eigenvalue weighted by Gasteiger charge is -2.05. The molecule has 0 saturated heterocycles.